The molecule has 1 aliphatic rings. The first-order chi connectivity index (χ1) is 9.90. The van der Waals surface area contributed by atoms with Crippen molar-refractivity contribution in [2.24, 2.45) is 0 Å². The molecule has 0 unspecified atom stereocenters. The minimum Gasteiger partial charge on any atom is -0.327 e. The maximum atomic E-state index is 2.54. The van der Waals surface area contributed by atoms with E-state index in [0.717, 1.165) is 20.6 Å². The Balaban J connectivity index is 1.57. The fourth-order valence-electron chi connectivity index (χ4n) is 2.88. The van der Waals surface area contributed by atoms with Gasteiger partial charge in [0.1, 0.15) is 0 Å². The molecule has 1 aliphatic heterocycles. The second-order valence-electron chi connectivity index (χ2n) is 5.57. The lowest BCUT2D eigenvalue weighted by molar-refractivity contribution is 0.289. The molecule has 1 saturated heterocycles. The molecular formula is C17H21BN2. The van der Waals surface area contributed by atoms with Crippen LogP contribution in [0, 0.1) is 0 Å². The summed E-state index contributed by atoms with van der Waals surface area (Å²) in [5.41, 5.74) is 2.82. The van der Waals surface area contributed by atoms with Gasteiger partial charge in [0.05, 0.1) is 0 Å². The van der Waals surface area contributed by atoms with E-state index in [1.165, 1.54) is 30.6 Å². The van der Waals surface area contributed by atoms with Gasteiger partial charge in [-0.2, -0.15) is 0 Å². The Hall–Kier alpha value is -1.58. The average molecular weight is 264 g/mol. The molecule has 0 aliphatic carbocycles. The number of nitrogens with zero attached hydrogens (tertiary/aromatic N) is 2. The van der Waals surface area contributed by atoms with Gasteiger partial charge in [-0.05, 0) is 30.6 Å². The molecule has 3 rings (SSSR count). The quantitative estimate of drug-likeness (QED) is 0.783. The van der Waals surface area contributed by atoms with Gasteiger partial charge in [-0.15, -0.1) is 0 Å². The van der Waals surface area contributed by atoms with Crippen molar-refractivity contribution in [1.82, 2.24) is 9.62 Å². The predicted molar refractivity (Wildman–Crippen MR) is 85.5 cm³/mol. The van der Waals surface area contributed by atoms with Crippen molar-refractivity contribution >= 4 is 7.55 Å². The SMILES string of the molecule is B1N(Cc2ccccc2)CCCN1Cc1ccccc1. The lowest BCUT2D eigenvalue weighted by atomic mass is 9.95. The molecule has 20 heavy (non-hydrogen) atoms. The van der Waals surface area contributed by atoms with E-state index in [4.69, 9.17) is 0 Å². The maximum absolute atomic E-state index is 2.54. The summed E-state index contributed by atoms with van der Waals surface area (Å²) in [4.78, 5) is 5.09. The zero-order valence-electron chi connectivity index (χ0n) is 11.9. The molecule has 0 bridgehead atoms. The molecule has 0 saturated carbocycles. The van der Waals surface area contributed by atoms with Gasteiger partial charge in [0.25, 0.3) is 7.55 Å². The van der Waals surface area contributed by atoms with Crippen LogP contribution in [-0.4, -0.2) is 30.3 Å². The first-order valence-electron chi connectivity index (χ1n) is 7.43. The smallest absolute Gasteiger partial charge is 0.292 e. The van der Waals surface area contributed by atoms with Gasteiger partial charge < -0.3 is 9.62 Å². The normalized spacial score (nSPS) is 16.8. The third kappa shape index (κ3) is 3.72. The van der Waals surface area contributed by atoms with Crippen molar-refractivity contribution in [3.8, 4) is 0 Å². The van der Waals surface area contributed by atoms with Crippen LogP contribution in [0.5, 0.6) is 0 Å². The Labute approximate surface area is 122 Å². The first kappa shape index (κ1) is 13.4. The van der Waals surface area contributed by atoms with Crippen molar-refractivity contribution in [3.05, 3.63) is 71.8 Å². The van der Waals surface area contributed by atoms with Crippen LogP contribution in [0.4, 0.5) is 0 Å². The Morgan fingerprint density at radius 3 is 1.60 bits per heavy atom. The maximum Gasteiger partial charge on any atom is 0.292 e. The molecule has 102 valence electrons. The molecule has 0 atom stereocenters. The first-order valence-corrected chi connectivity index (χ1v) is 7.43. The van der Waals surface area contributed by atoms with Crippen molar-refractivity contribution in [1.29, 1.82) is 0 Å². The van der Waals surface area contributed by atoms with E-state index in [0.29, 0.717) is 0 Å². The van der Waals surface area contributed by atoms with Gasteiger partial charge in [0, 0.05) is 13.1 Å². The molecule has 1 heterocycles. The van der Waals surface area contributed by atoms with Crippen LogP contribution in [0.2, 0.25) is 0 Å². The summed E-state index contributed by atoms with van der Waals surface area (Å²) in [6, 6.07) is 21.5. The van der Waals surface area contributed by atoms with E-state index >= 15 is 0 Å². The van der Waals surface area contributed by atoms with Gasteiger partial charge in [0.2, 0.25) is 0 Å². The molecule has 0 spiro atoms. The Bertz CT molecular complexity index is 468. The van der Waals surface area contributed by atoms with Crippen LogP contribution in [0.15, 0.2) is 60.7 Å². The fourth-order valence-corrected chi connectivity index (χ4v) is 2.88. The predicted octanol–water partition coefficient (Wildman–Crippen LogP) is 2.66. The summed E-state index contributed by atoms with van der Waals surface area (Å²) in [7, 11) is 1.07. The van der Waals surface area contributed by atoms with Crippen LogP contribution >= 0.6 is 0 Å². The van der Waals surface area contributed by atoms with Crippen LogP contribution < -0.4 is 0 Å². The van der Waals surface area contributed by atoms with Crippen LogP contribution in [0.3, 0.4) is 0 Å². The lowest BCUT2D eigenvalue weighted by Crippen LogP contribution is -2.47. The van der Waals surface area contributed by atoms with E-state index in [1.54, 1.807) is 0 Å². The highest BCUT2D eigenvalue weighted by Gasteiger charge is 2.19. The summed E-state index contributed by atoms with van der Waals surface area (Å²) in [6.07, 6.45) is 1.26. The third-order valence-electron chi connectivity index (χ3n) is 3.85. The van der Waals surface area contributed by atoms with Crippen LogP contribution in [-0.2, 0) is 13.1 Å². The number of rotatable bonds is 4. The zero-order chi connectivity index (χ0) is 13.6. The molecular weight excluding hydrogens is 243 g/mol. The van der Waals surface area contributed by atoms with Crippen molar-refractivity contribution in [3.63, 3.8) is 0 Å². The molecule has 2 aromatic rings. The Morgan fingerprint density at radius 1 is 0.700 bits per heavy atom. The molecule has 0 N–H and O–H groups in total. The average Bonchev–Trinajstić information content (AvgIpc) is 2.50. The molecule has 2 aromatic carbocycles. The van der Waals surface area contributed by atoms with Gasteiger partial charge in [0.15, 0.2) is 0 Å². The standard InChI is InChI=1S/C17H21BN2/c1-3-8-16(9-4-1)14-19-12-7-13-20(18-19)15-17-10-5-2-6-11-17/h1-6,8-11,18H,7,12-15H2. The Morgan fingerprint density at radius 2 is 1.15 bits per heavy atom. The second kappa shape index (κ2) is 6.73. The largest absolute Gasteiger partial charge is 0.327 e. The van der Waals surface area contributed by atoms with Crippen molar-refractivity contribution < 1.29 is 0 Å². The molecule has 0 radical (unpaired) electrons. The highest BCUT2D eigenvalue weighted by atomic mass is 15.2. The monoisotopic (exact) mass is 264 g/mol. The molecule has 3 heteroatoms. The van der Waals surface area contributed by atoms with E-state index in [9.17, 15) is 0 Å². The highest BCUT2D eigenvalue weighted by molar-refractivity contribution is 6.28. The topological polar surface area (TPSA) is 6.48 Å². The van der Waals surface area contributed by atoms with Gasteiger partial charge in [-0.3, -0.25) is 0 Å². The van der Waals surface area contributed by atoms with Gasteiger partial charge >= 0.3 is 0 Å². The zero-order valence-corrected chi connectivity index (χ0v) is 11.9. The van der Waals surface area contributed by atoms with Crippen molar-refractivity contribution in [2.75, 3.05) is 13.1 Å². The summed E-state index contributed by atoms with van der Waals surface area (Å²) in [5.74, 6) is 0. The van der Waals surface area contributed by atoms with Crippen LogP contribution in [0.25, 0.3) is 0 Å². The molecule has 0 aromatic heterocycles. The molecule has 0 amide bonds. The number of benzene rings is 2. The highest BCUT2D eigenvalue weighted by Crippen LogP contribution is 2.12. The van der Waals surface area contributed by atoms with Gasteiger partial charge in [-0.1, -0.05) is 60.7 Å². The minimum absolute atomic E-state index is 1.06. The fraction of sp³-hybridized carbons (Fsp3) is 0.294. The van der Waals surface area contributed by atoms with E-state index in [-0.39, 0.29) is 0 Å². The lowest BCUT2D eigenvalue weighted by Gasteiger charge is -2.34. The summed E-state index contributed by atoms with van der Waals surface area (Å²) in [5, 5.41) is 0. The van der Waals surface area contributed by atoms with Crippen molar-refractivity contribution in [2.45, 2.75) is 19.5 Å². The molecule has 1 fully saturated rings. The van der Waals surface area contributed by atoms with Crippen LogP contribution in [0.1, 0.15) is 17.5 Å². The summed E-state index contributed by atoms with van der Waals surface area (Å²) >= 11 is 0. The minimum atomic E-state index is 1.06. The number of hydrogen-bond donors (Lipinski definition) is 0. The summed E-state index contributed by atoms with van der Waals surface area (Å²) in [6.45, 7) is 4.54. The van der Waals surface area contributed by atoms with E-state index in [2.05, 4.69) is 70.3 Å². The Kier molecular flexibility index (Phi) is 4.51. The van der Waals surface area contributed by atoms with Gasteiger partial charge in [-0.25, -0.2) is 0 Å². The summed E-state index contributed by atoms with van der Waals surface area (Å²) < 4.78 is 0. The number of hydrogen-bond acceptors (Lipinski definition) is 2. The molecule has 2 nitrogen and oxygen atoms in total. The second-order valence-corrected chi connectivity index (χ2v) is 5.57. The third-order valence-corrected chi connectivity index (χ3v) is 3.85. The van der Waals surface area contributed by atoms with E-state index < -0.39 is 0 Å². The van der Waals surface area contributed by atoms with E-state index in [1.807, 2.05) is 0 Å².